The minimum Gasteiger partial charge on any atom is -0.497 e. The molecular formula is C29H31F3N2O2. The van der Waals surface area contributed by atoms with Crippen LogP contribution >= 0.6 is 0 Å². The Morgan fingerprint density at radius 1 is 1.25 bits per heavy atom. The maximum atomic E-state index is 12.8. The highest BCUT2D eigenvalue weighted by Crippen LogP contribution is 2.49. The van der Waals surface area contributed by atoms with E-state index in [-0.39, 0.29) is 11.5 Å². The first-order valence-corrected chi connectivity index (χ1v) is 12.2. The van der Waals surface area contributed by atoms with E-state index in [2.05, 4.69) is 40.8 Å². The van der Waals surface area contributed by atoms with E-state index in [0.29, 0.717) is 11.5 Å². The van der Waals surface area contributed by atoms with E-state index in [0.717, 1.165) is 63.2 Å². The second-order valence-electron chi connectivity index (χ2n) is 9.66. The van der Waals surface area contributed by atoms with E-state index in [9.17, 15) is 18.0 Å². The number of alkyl halides is 3. The van der Waals surface area contributed by atoms with Gasteiger partial charge < -0.3 is 10.1 Å². The zero-order valence-corrected chi connectivity index (χ0v) is 20.4. The first kappa shape index (κ1) is 25.8. The van der Waals surface area contributed by atoms with Gasteiger partial charge in [-0.3, -0.25) is 9.69 Å². The molecule has 2 aromatic carbocycles. The van der Waals surface area contributed by atoms with Crippen LogP contribution in [0.25, 0.3) is 0 Å². The van der Waals surface area contributed by atoms with Crippen molar-refractivity contribution in [2.24, 2.45) is 5.92 Å². The van der Waals surface area contributed by atoms with Gasteiger partial charge in [-0.15, -0.1) is 6.58 Å². The number of carbonyl (C=O) groups is 1. The molecule has 4 nitrogen and oxygen atoms in total. The predicted molar refractivity (Wildman–Crippen MR) is 134 cm³/mol. The second kappa shape index (κ2) is 10.8. The summed E-state index contributed by atoms with van der Waals surface area (Å²) in [4.78, 5) is 15.1. The van der Waals surface area contributed by atoms with Gasteiger partial charge in [-0.25, -0.2) is 0 Å². The van der Waals surface area contributed by atoms with Crippen molar-refractivity contribution in [3.63, 3.8) is 0 Å². The molecule has 3 atom stereocenters. The number of halogens is 3. The van der Waals surface area contributed by atoms with Crippen molar-refractivity contribution >= 4 is 5.91 Å². The van der Waals surface area contributed by atoms with Gasteiger partial charge in [0.25, 0.3) is 5.91 Å². The van der Waals surface area contributed by atoms with Gasteiger partial charge in [0.15, 0.2) is 0 Å². The number of likely N-dealkylation sites (tertiary alicyclic amines) is 1. The third-order valence-electron chi connectivity index (χ3n) is 7.51. The highest BCUT2D eigenvalue weighted by atomic mass is 19.4. The van der Waals surface area contributed by atoms with Gasteiger partial charge in [0, 0.05) is 36.0 Å². The van der Waals surface area contributed by atoms with Crippen LogP contribution in [0.3, 0.4) is 0 Å². The Morgan fingerprint density at radius 2 is 2.03 bits per heavy atom. The quantitative estimate of drug-likeness (QED) is 0.458. The third-order valence-corrected chi connectivity index (χ3v) is 7.51. The average Bonchev–Trinajstić information content (AvgIpc) is 2.87. The summed E-state index contributed by atoms with van der Waals surface area (Å²) in [6.45, 7) is 6.69. The summed E-state index contributed by atoms with van der Waals surface area (Å²) in [5.74, 6) is 6.09. The van der Waals surface area contributed by atoms with E-state index in [4.69, 9.17) is 4.74 Å². The van der Waals surface area contributed by atoms with E-state index in [1.165, 1.54) is 17.7 Å². The standard InChI is InChI=1S/C29H31F3N2O2/c1-3-16-34-17-15-28(23-5-4-6-26(18-23)36-2)19-25(13-12-24(28)20-34)33-27(35)14-9-21-7-10-22(11-8-21)29(30,31)32/h3-8,10-11,18,24-25H,1,12-13,15-17,19-20H2,2H3,(H,33,35)/t24-,25+,28+/m1/s1. The van der Waals surface area contributed by atoms with Gasteiger partial charge in [-0.2, -0.15) is 13.2 Å². The molecule has 1 heterocycles. The Bertz CT molecular complexity index is 1150. The number of amides is 1. The molecule has 1 aliphatic heterocycles. The summed E-state index contributed by atoms with van der Waals surface area (Å²) in [7, 11) is 1.67. The number of hydrogen-bond acceptors (Lipinski definition) is 3. The van der Waals surface area contributed by atoms with Crippen molar-refractivity contribution in [3.05, 3.63) is 77.9 Å². The molecule has 190 valence electrons. The summed E-state index contributed by atoms with van der Waals surface area (Å²) in [5.41, 5.74) is 0.781. The van der Waals surface area contributed by atoms with Crippen LogP contribution in [0.15, 0.2) is 61.2 Å². The monoisotopic (exact) mass is 496 g/mol. The fourth-order valence-corrected chi connectivity index (χ4v) is 5.72. The molecule has 0 aromatic heterocycles. The normalized spacial score (nSPS) is 24.1. The highest BCUT2D eigenvalue weighted by molar-refractivity contribution is 5.94. The average molecular weight is 497 g/mol. The predicted octanol–water partition coefficient (Wildman–Crippen LogP) is 5.18. The Hall–Kier alpha value is -3.24. The van der Waals surface area contributed by atoms with E-state index in [1.54, 1.807) is 7.11 Å². The fraction of sp³-hybridized carbons (Fsp3) is 0.414. The van der Waals surface area contributed by atoms with Crippen LogP contribution in [-0.4, -0.2) is 43.6 Å². The molecule has 2 aliphatic rings. The van der Waals surface area contributed by atoms with E-state index < -0.39 is 17.6 Å². The molecule has 1 aliphatic carbocycles. The molecule has 0 unspecified atom stereocenters. The van der Waals surface area contributed by atoms with Crippen molar-refractivity contribution in [2.75, 3.05) is 26.7 Å². The number of carbonyl (C=O) groups excluding carboxylic acids is 1. The van der Waals surface area contributed by atoms with Crippen molar-refractivity contribution < 1.29 is 22.7 Å². The maximum absolute atomic E-state index is 12.8. The van der Waals surface area contributed by atoms with Crippen LogP contribution < -0.4 is 10.1 Å². The number of piperidine rings is 1. The topological polar surface area (TPSA) is 41.6 Å². The fourth-order valence-electron chi connectivity index (χ4n) is 5.72. The Morgan fingerprint density at radius 3 is 2.72 bits per heavy atom. The molecule has 1 saturated carbocycles. The first-order chi connectivity index (χ1) is 17.2. The molecule has 0 spiro atoms. The third kappa shape index (κ3) is 5.76. The summed E-state index contributed by atoms with van der Waals surface area (Å²) in [6.07, 6.45) is 1.15. The van der Waals surface area contributed by atoms with Crippen LogP contribution in [0.4, 0.5) is 13.2 Å². The Balaban J connectivity index is 1.49. The SMILES string of the molecule is C=CCN1CC[C@@]2(c3cccc(OC)c3)C[C@@H](NC(=O)C#Cc3ccc(C(F)(F)F)cc3)CC[C@@H]2C1. The molecular weight excluding hydrogens is 465 g/mol. The molecule has 1 amide bonds. The maximum Gasteiger partial charge on any atom is 0.416 e. The van der Waals surface area contributed by atoms with Gasteiger partial charge in [0.05, 0.1) is 12.7 Å². The minimum atomic E-state index is -4.40. The number of hydrogen-bond donors (Lipinski definition) is 1. The lowest BCUT2D eigenvalue weighted by Crippen LogP contribution is -2.56. The van der Waals surface area contributed by atoms with Gasteiger partial charge in [0.2, 0.25) is 0 Å². The van der Waals surface area contributed by atoms with Crippen LogP contribution in [0.5, 0.6) is 5.75 Å². The van der Waals surface area contributed by atoms with Gasteiger partial charge in [-0.05, 0) is 80.1 Å². The summed E-state index contributed by atoms with van der Waals surface area (Å²) < 4.78 is 43.8. The van der Waals surface area contributed by atoms with Crippen LogP contribution in [-0.2, 0) is 16.4 Å². The van der Waals surface area contributed by atoms with Crippen molar-refractivity contribution in [1.29, 1.82) is 0 Å². The molecule has 4 rings (SSSR count). The molecule has 2 fully saturated rings. The van der Waals surface area contributed by atoms with Crippen molar-refractivity contribution in [3.8, 4) is 17.6 Å². The van der Waals surface area contributed by atoms with Crippen LogP contribution in [0, 0.1) is 17.8 Å². The summed E-state index contributed by atoms with van der Waals surface area (Å²) in [6, 6.07) is 12.7. The molecule has 36 heavy (non-hydrogen) atoms. The molecule has 1 saturated heterocycles. The van der Waals surface area contributed by atoms with Crippen molar-refractivity contribution in [1.82, 2.24) is 10.2 Å². The highest BCUT2D eigenvalue weighted by Gasteiger charge is 2.48. The zero-order valence-electron chi connectivity index (χ0n) is 20.4. The van der Waals surface area contributed by atoms with Gasteiger partial charge >= 0.3 is 6.18 Å². The molecule has 1 N–H and O–H groups in total. The zero-order chi connectivity index (χ0) is 25.8. The molecule has 0 bridgehead atoms. The lowest BCUT2D eigenvalue weighted by Gasteiger charge is -2.53. The second-order valence-corrected chi connectivity index (χ2v) is 9.66. The van der Waals surface area contributed by atoms with Crippen LogP contribution in [0.1, 0.15) is 42.4 Å². The first-order valence-electron chi connectivity index (χ1n) is 12.2. The van der Waals surface area contributed by atoms with Gasteiger partial charge in [-0.1, -0.05) is 24.1 Å². The lowest BCUT2D eigenvalue weighted by molar-refractivity contribution is -0.137. The number of benzene rings is 2. The smallest absolute Gasteiger partial charge is 0.416 e. The number of nitrogens with zero attached hydrogens (tertiary/aromatic N) is 1. The molecule has 7 heteroatoms. The van der Waals surface area contributed by atoms with Crippen molar-refractivity contribution in [2.45, 2.75) is 43.3 Å². The summed E-state index contributed by atoms with van der Waals surface area (Å²) >= 11 is 0. The van der Waals surface area contributed by atoms with E-state index in [1.807, 2.05) is 18.2 Å². The Labute approximate surface area is 210 Å². The number of fused-ring (bicyclic) bond motifs is 1. The van der Waals surface area contributed by atoms with Gasteiger partial charge in [0.1, 0.15) is 5.75 Å². The summed E-state index contributed by atoms with van der Waals surface area (Å²) in [5, 5.41) is 3.06. The number of rotatable bonds is 5. The number of ether oxygens (including phenoxy) is 1. The number of nitrogens with one attached hydrogen (secondary N) is 1. The molecule has 2 aromatic rings. The van der Waals surface area contributed by atoms with Crippen LogP contribution in [0.2, 0.25) is 0 Å². The van der Waals surface area contributed by atoms with E-state index >= 15 is 0 Å². The molecule has 0 radical (unpaired) electrons. The number of methoxy groups -OCH3 is 1. The lowest BCUT2D eigenvalue weighted by atomic mass is 9.58. The minimum absolute atomic E-state index is 0.0344. The largest absolute Gasteiger partial charge is 0.497 e. The Kier molecular flexibility index (Phi) is 7.75.